The van der Waals surface area contributed by atoms with Crippen LogP contribution in [0.4, 0.5) is 10.5 Å². The molecule has 1 amide bonds. The summed E-state index contributed by atoms with van der Waals surface area (Å²) in [5, 5.41) is 18.5. The van der Waals surface area contributed by atoms with Gasteiger partial charge in [0.15, 0.2) is 6.10 Å². The van der Waals surface area contributed by atoms with Crippen LogP contribution in [0.1, 0.15) is 32.4 Å². The van der Waals surface area contributed by atoms with Gasteiger partial charge >= 0.3 is 12.1 Å². The van der Waals surface area contributed by atoms with Crippen LogP contribution < -0.4 is 9.64 Å². The predicted octanol–water partition coefficient (Wildman–Crippen LogP) is 1.94. The number of hydrogen-bond donors (Lipinski definition) is 2. The molecule has 0 fully saturated rings. The number of carbonyl (C=O) groups is 2. The molecule has 0 radical (unpaired) electrons. The van der Waals surface area contributed by atoms with Gasteiger partial charge in [0.2, 0.25) is 0 Å². The third kappa shape index (κ3) is 3.48. The van der Waals surface area contributed by atoms with Gasteiger partial charge in [-0.2, -0.15) is 0 Å². The molecule has 1 aromatic rings. The Morgan fingerprint density at radius 3 is 2.64 bits per heavy atom. The lowest BCUT2D eigenvalue weighted by atomic mass is 10.1. The minimum absolute atomic E-state index is 0.172. The highest BCUT2D eigenvalue weighted by atomic mass is 16.6. The minimum Gasteiger partial charge on any atom is -0.490 e. The fraction of sp³-hybridized carbons (Fsp3) is 0.467. The fourth-order valence-electron chi connectivity index (χ4n) is 2.05. The first-order chi connectivity index (χ1) is 10.2. The molecule has 0 aromatic heterocycles. The fourth-order valence-corrected chi connectivity index (χ4v) is 2.05. The van der Waals surface area contributed by atoms with E-state index >= 15 is 0 Å². The van der Waals surface area contributed by atoms with Crippen LogP contribution in [0.15, 0.2) is 18.2 Å². The molecule has 2 N–H and O–H groups in total. The number of nitrogens with zero attached hydrogens (tertiary/aromatic N) is 1. The summed E-state index contributed by atoms with van der Waals surface area (Å²) in [5.41, 5.74) is -0.0862. The van der Waals surface area contributed by atoms with Gasteiger partial charge in [-0.3, -0.25) is 4.90 Å². The van der Waals surface area contributed by atoms with Crippen LogP contribution in [0.25, 0.3) is 0 Å². The largest absolute Gasteiger partial charge is 0.490 e. The zero-order valence-corrected chi connectivity index (χ0v) is 12.7. The number of amides is 1. The Hall–Kier alpha value is -2.28. The lowest BCUT2D eigenvalue weighted by Gasteiger charge is -2.32. The van der Waals surface area contributed by atoms with E-state index in [1.54, 1.807) is 20.8 Å². The number of hydrogen-bond acceptors (Lipinski definition) is 5. The molecule has 0 saturated heterocycles. The van der Waals surface area contributed by atoms with Gasteiger partial charge in [-0.15, -0.1) is 0 Å². The molecule has 2 rings (SSSR count). The van der Waals surface area contributed by atoms with E-state index in [0.717, 1.165) is 0 Å². The van der Waals surface area contributed by atoms with Crippen LogP contribution in [0.3, 0.4) is 0 Å². The Morgan fingerprint density at radius 1 is 1.36 bits per heavy atom. The molecule has 0 saturated carbocycles. The van der Waals surface area contributed by atoms with Crippen LogP contribution in [0.2, 0.25) is 0 Å². The van der Waals surface area contributed by atoms with Crippen molar-refractivity contribution in [2.24, 2.45) is 0 Å². The van der Waals surface area contributed by atoms with Crippen molar-refractivity contribution in [1.82, 2.24) is 0 Å². The standard InChI is InChI=1S/C15H19NO6/c1-15(2,3)22-14(20)16-6-7-21-11-5-4-9(8-10(11)16)12(17)13(18)19/h4-5,8,12,17H,6-7H2,1-3H3,(H,18,19). The monoisotopic (exact) mass is 309 g/mol. The van der Waals surface area contributed by atoms with Gasteiger partial charge in [-0.1, -0.05) is 6.07 Å². The summed E-state index contributed by atoms with van der Waals surface area (Å²) in [7, 11) is 0. The van der Waals surface area contributed by atoms with Gasteiger partial charge in [0.25, 0.3) is 0 Å². The molecule has 1 aromatic carbocycles. The first kappa shape index (κ1) is 16.1. The van der Waals surface area contributed by atoms with Crippen LogP contribution in [0.5, 0.6) is 5.75 Å². The van der Waals surface area contributed by atoms with Crippen molar-refractivity contribution < 1.29 is 29.3 Å². The van der Waals surface area contributed by atoms with Crippen molar-refractivity contribution in [3.05, 3.63) is 23.8 Å². The molecule has 0 aliphatic carbocycles. The highest BCUT2D eigenvalue weighted by molar-refractivity contribution is 5.91. The highest BCUT2D eigenvalue weighted by Gasteiger charge is 2.29. The van der Waals surface area contributed by atoms with E-state index < -0.39 is 23.8 Å². The van der Waals surface area contributed by atoms with Crippen LogP contribution in [-0.4, -0.2) is 41.0 Å². The second-order valence-electron chi connectivity index (χ2n) is 5.95. The number of fused-ring (bicyclic) bond motifs is 1. The summed E-state index contributed by atoms with van der Waals surface area (Å²) in [5.74, 6) is -0.918. The Kier molecular flexibility index (Phi) is 4.27. The molecule has 0 spiro atoms. The predicted molar refractivity (Wildman–Crippen MR) is 78.1 cm³/mol. The molecule has 1 aliphatic rings. The molecule has 22 heavy (non-hydrogen) atoms. The maximum absolute atomic E-state index is 12.3. The highest BCUT2D eigenvalue weighted by Crippen LogP contribution is 2.35. The Bertz CT molecular complexity index is 592. The molecule has 7 nitrogen and oxygen atoms in total. The summed E-state index contributed by atoms with van der Waals surface area (Å²) in [6, 6.07) is 4.42. The molecule has 1 aliphatic heterocycles. The summed E-state index contributed by atoms with van der Waals surface area (Å²) >= 11 is 0. The summed E-state index contributed by atoms with van der Waals surface area (Å²) < 4.78 is 10.8. The summed E-state index contributed by atoms with van der Waals surface area (Å²) in [4.78, 5) is 24.5. The molecule has 7 heteroatoms. The number of carboxylic acid groups (broad SMARTS) is 1. The number of rotatable bonds is 2. The average molecular weight is 309 g/mol. The van der Waals surface area contributed by atoms with Crippen LogP contribution >= 0.6 is 0 Å². The van der Waals surface area contributed by atoms with Gasteiger partial charge in [-0.05, 0) is 38.5 Å². The van der Waals surface area contributed by atoms with E-state index in [4.69, 9.17) is 14.6 Å². The number of aliphatic carboxylic acids is 1. The lowest BCUT2D eigenvalue weighted by Crippen LogP contribution is -2.41. The van der Waals surface area contributed by atoms with Gasteiger partial charge in [0.05, 0.1) is 12.2 Å². The number of carbonyl (C=O) groups excluding carboxylic acids is 1. The quantitative estimate of drug-likeness (QED) is 0.866. The van der Waals surface area contributed by atoms with E-state index in [0.29, 0.717) is 18.0 Å². The van der Waals surface area contributed by atoms with Crippen LogP contribution in [-0.2, 0) is 9.53 Å². The van der Waals surface area contributed by atoms with Gasteiger partial charge in [0, 0.05) is 0 Å². The smallest absolute Gasteiger partial charge is 0.415 e. The number of ether oxygens (including phenoxy) is 2. The zero-order chi connectivity index (χ0) is 16.5. The number of benzene rings is 1. The van der Waals surface area contributed by atoms with E-state index in [1.165, 1.54) is 23.1 Å². The second-order valence-corrected chi connectivity index (χ2v) is 5.95. The van der Waals surface area contributed by atoms with Crippen molar-refractivity contribution in [2.45, 2.75) is 32.5 Å². The summed E-state index contributed by atoms with van der Waals surface area (Å²) in [6.07, 6.45) is -2.20. The first-order valence-corrected chi connectivity index (χ1v) is 6.87. The van der Waals surface area contributed by atoms with Gasteiger partial charge < -0.3 is 19.7 Å². The number of aliphatic hydroxyl groups is 1. The first-order valence-electron chi connectivity index (χ1n) is 6.87. The van der Waals surface area contributed by atoms with E-state index in [-0.39, 0.29) is 12.1 Å². The minimum atomic E-state index is -1.66. The molecule has 120 valence electrons. The van der Waals surface area contributed by atoms with Crippen molar-refractivity contribution >= 4 is 17.7 Å². The van der Waals surface area contributed by atoms with E-state index in [9.17, 15) is 14.7 Å². The third-order valence-electron chi connectivity index (χ3n) is 3.01. The van der Waals surface area contributed by atoms with Crippen molar-refractivity contribution in [3.8, 4) is 5.75 Å². The van der Waals surface area contributed by atoms with E-state index in [1.807, 2.05) is 0 Å². The molecule has 1 unspecified atom stereocenters. The molecule has 0 bridgehead atoms. The molecular weight excluding hydrogens is 290 g/mol. The van der Waals surface area contributed by atoms with Gasteiger partial charge in [0.1, 0.15) is 18.0 Å². The third-order valence-corrected chi connectivity index (χ3v) is 3.01. The lowest BCUT2D eigenvalue weighted by molar-refractivity contribution is -0.146. The van der Waals surface area contributed by atoms with Crippen molar-refractivity contribution in [2.75, 3.05) is 18.1 Å². The maximum atomic E-state index is 12.3. The molecule has 1 heterocycles. The zero-order valence-electron chi connectivity index (χ0n) is 12.7. The van der Waals surface area contributed by atoms with Crippen LogP contribution in [0, 0.1) is 0 Å². The van der Waals surface area contributed by atoms with Crippen molar-refractivity contribution in [3.63, 3.8) is 0 Å². The number of carboxylic acids is 1. The Morgan fingerprint density at radius 2 is 2.05 bits per heavy atom. The molecule has 1 atom stereocenters. The van der Waals surface area contributed by atoms with Gasteiger partial charge in [-0.25, -0.2) is 9.59 Å². The average Bonchev–Trinajstić information content (AvgIpc) is 2.43. The SMILES string of the molecule is CC(C)(C)OC(=O)N1CCOc2ccc(C(O)C(=O)O)cc21. The Balaban J connectivity index is 2.34. The summed E-state index contributed by atoms with van der Waals surface area (Å²) in [6.45, 7) is 5.88. The number of anilines is 1. The normalized spacial score (nSPS) is 15.5. The van der Waals surface area contributed by atoms with E-state index in [2.05, 4.69) is 0 Å². The maximum Gasteiger partial charge on any atom is 0.415 e. The van der Waals surface area contributed by atoms with Crippen molar-refractivity contribution in [1.29, 1.82) is 0 Å². The Labute approximate surface area is 128 Å². The second kappa shape index (κ2) is 5.84. The molecular formula is C15H19NO6. The topological polar surface area (TPSA) is 96.3 Å². The number of aliphatic hydroxyl groups excluding tert-OH is 1.